The summed E-state index contributed by atoms with van der Waals surface area (Å²) in [4.78, 5) is 16.0. The summed E-state index contributed by atoms with van der Waals surface area (Å²) in [6.45, 7) is 2.20. The van der Waals surface area contributed by atoms with Crippen molar-refractivity contribution in [3.8, 4) is 11.5 Å². The third kappa shape index (κ3) is 4.40. The zero-order valence-corrected chi connectivity index (χ0v) is 21.7. The number of benzene rings is 3. The maximum Gasteiger partial charge on any atom is 0.252 e. The van der Waals surface area contributed by atoms with Gasteiger partial charge in [0.15, 0.2) is 11.5 Å². The van der Waals surface area contributed by atoms with E-state index < -0.39 is 21.4 Å². The molecule has 5 aromatic rings. The van der Waals surface area contributed by atoms with E-state index in [9.17, 15) is 17.6 Å². The van der Waals surface area contributed by atoms with Gasteiger partial charge in [-0.2, -0.15) is 13.1 Å². The number of fused-ring (bicyclic) bond motifs is 3. The number of hydrogen-bond acceptors (Lipinski definition) is 8. The van der Waals surface area contributed by atoms with E-state index in [1.165, 1.54) is 28.6 Å². The molecule has 1 aliphatic heterocycles. The van der Waals surface area contributed by atoms with Crippen LogP contribution in [0.25, 0.3) is 21.9 Å². The minimum Gasteiger partial charge on any atom is -0.486 e. The molecular formula is C26H21FN4O5S2. The zero-order chi connectivity index (χ0) is 26.4. The van der Waals surface area contributed by atoms with Crippen LogP contribution >= 0.6 is 11.7 Å². The molecule has 3 aromatic carbocycles. The summed E-state index contributed by atoms with van der Waals surface area (Å²) in [5, 5.41) is 0.671. The third-order valence-electron chi connectivity index (χ3n) is 6.38. The fraction of sp³-hybridized carbons (Fsp3) is 0.192. The molecule has 0 saturated carbocycles. The summed E-state index contributed by atoms with van der Waals surface area (Å²) in [5.74, 6) is 0.654. The van der Waals surface area contributed by atoms with Gasteiger partial charge in [-0.1, -0.05) is 18.2 Å². The van der Waals surface area contributed by atoms with Crippen molar-refractivity contribution in [3.05, 3.63) is 87.5 Å². The van der Waals surface area contributed by atoms with Crippen LogP contribution in [0.3, 0.4) is 0 Å². The summed E-state index contributed by atoms with van der Waals surface area (Å²) < 4.78 is 62.8. The van der Waals surface area contributed by atoms with Gasteiger partial charge >= 0.3 is 0 Å². The second-order valence-corrected chi connectivity index (χ2v) is 11.4. The van der Waals surface area contributed by atoms with Crippen molar-refractivity contribution in [3.63, 3.8) is 0 Å². The summed E-state index contributed by atoms with van der Waals surface area (Å²) in [5.41, 5.74) is 2.16. The van der Waals surface area contributed by atoms with Gasteiger partial charge in [0, 0.05) is 30.1 Å². The van der Waals surface area contributed by atoms with E-state index in [1.807, 2.05) is 0 Å². The van der Waals surface area contributed by atoms with Gasteiger partial charge in [0.1, 0.15) is 35.0 Å². The number of aromatic amines is 1. The number of halogens is 1. The number of ether oxygens (including phenoxy) is 2. The normalized spacial score (nSPS) is 13.4. The van der Waals surface area contributed by atoms with Crippen LogP contribution < -0.4 is 15.0 Å². The topological polar surface area (TPSA) is 114 Å². The first-order valence-electron chi connectivity index (χ1n) is 11.7. The molecule has 0 unspecified atom stereocenters. The lowest BCUT2D eigenvalue weighted by Crippen LogP contribution is -2.33. The highest BCUT2D eigenvalue weighted by molar-refractivity contribution is 7.89. The maximum absolute atomic E-state index is 14.1. The lowest BCUT2D eigenvalue weighted by molar-refractivity contribution is 0.172. The van der Waals surface area contributed by atoms with Crippen LogP contribution in [0.5, 0.6) is 11.5 Å². The second kappa shape index (κ2) is 9.46. The van der Waals surface area contributed by atoms with Crippen LogP contribution in [0.15, 0.2) is 64.3 Å². The van der Waals surface area contributed by atoms with Gasteiger partial charge in [0.05, 0.1) is 17.2 Å². The largest absolute Gasteiger partial charge is 0.486 e. The average Bonchev–Trinajstić information content (AvgIpc) is 3.37. The molecule has 0 fully saturated rings. The molecule has 2 aromatic heterocycles. The van der Waals surface area contributed by atoms with Gasteiger partial charge in [-0.05, 0) is 48.4 Å². The zero-order valence-electron chi connectivity index (χ0n) is 20.1. The summed E-state index contributed by atoms with van der Waals surface area (Å²) in [6, 6.07) is 14.1. The first-order chi connectivity index (χ1) is 18.3. The number of rotatable bonds is 6. The first-order valence-corrected chi connectivity index (χ1v) is 13.9. The number of sulfonamides is 1. The average molecular weight is 553 g/mol. The summed E-state index contributed by atoms with van der Waals surface area (Å²) in [7, 11) is -4.17. The van der Waals surface area contributed by atoms with Gasteiger partial charge in [0.2, 0.25) is 10.0 Å². The molecule has 12 heteroatoms. The van der Waals surface area contributed by atoms with Gasteiger partial charge in [0.25, 0.3) is 5.56 Å². The minimum atomic E-state index is -4.17. The standard InChI is InChI=1S/C26H21FN4O5S2/c1-15-2-7-20-24(30-37-29-20)25(15)38(33,34)31(13-16-3-5-19(27)6-4-16)14-18-10-17-11-22-23(36-9-8-35-22)12-21(17)28-26(18)32/h2-7,10-12H,8-9,13-14H2,1H3,(H,28,32). The predicted molar refractivity (Wildman–Crippen MR) is 141 cm³/mol. The van der Waals surface area contributed by atoms with Crippen LogP contribution in [0, 0.1) is 12.7 Å². The number of hydrogen-bond donors (Lipinski definition) is 1. The minimum absolute atomic E-state index is 0.0303. The van der Waals surface area contributed by atoms with Crippen LogP contribution in [0.1, 0.15) is 16.7 Å². The van der Waals surface area contributed by atoms with Crippen molar-refractivity contribution in [1.82, 2.24) is 18.0 Å². The molecule has 0 bridgehead atoms. The molecule has 38 heavy (non-hydrogen) atoms. The highest BCUT2D eigenvalue weighted by Gasteiger charge is 2.31. The third-order valence-corrected chi connectivity index (χ3v) is 8.89. The summed E-state index contributed by atoms with van der Waals surface area (Å²) >= 11 is 0.926. The van der Waals surface area contributed by atoms with Crippen LogP contribution in [0.4, 0.5) is 4.39 Å². The number of aryl methyl sites for hydroxylation is 1. The molecule has 1 N–H and O–H groups in total. The molecule has 194 valence electrons. The predicted octanol–water partition coefficient (Wildman–Crippen LogP) is 4.14. The van der Waals surface area contributed by atoms with E-state index in [2.05, 4.69) is 13.7 Å². The van der Waals surface area contributed by atoms with Crippen LogP contribution in [0.2, 0.25) is 0 Å². The molecule has 0 saturated heterocycles. The Hall–Kier alpha value is -3.87. The van der Waals surface area contributed by atoms with Crippen molar-refractivity contribution in [2.45, 2.75) is 24.9 Å². The van der Waals surface area contributed by atoms with Crippen LogP contribution in [-0.2, 0) is 23.1 Å². The van der Waals surface area contributed by atoms with Gasteiger partial charge in [-0.3, -0.25) is 4.79 Å². The Bertz CT molecular complexity index is 1850. The monoisotopic (exact) mass is 552 g/mol. The Morgan fingerprint density at radius 2 is 1.74 bits per heavy atom. The molecule has 6 rings (SSSR count). The molecule has 0 atom stereocenters. The van der Waals surface area contributed by atoms with Crippen LogP contribution in [-0.4, -0.2) is 39.7 Å². The number of pyridine rings is 1. The second-order valence-electron chi connectivity index (χ2n) is 8.95. The van der Waals surface area contributed by atoms with E-state index in [1.54, 1.807) is 37.3 Å². The number of nitrogens with one attached hydrogen (secondary N) is 1. The van der Waals surface area contributed by atoms with Gasteiger partial charge < -0.3 is 14.5 Å². The highest BCUT2D eigenvalue weighted by atomic mass is 32.2. The van der Waals surface area contributed by atoms with E-state index in [0.717, 1.165) is 11.7 Å². The molecule has 9 nitrogen and oxygen atoms in total. The Morgan fingerprint density at radius 3 is 2.50 bits per heavy atom. The molecule has 0 radical (unpaired) electrons. The molecule has 0 spiro atoms. The fourth-order valence-corrected chi connectivity index (χ4v) is 6.85. The molecule has 0 aliphatic carbocycles. The maximum atomic E-state index is 14.1. The highest BCUT2D eigenvalue weighted by Crippen LogP contribution is 2.34. The van der Waals surface area contributed by atoms with E-state index in [4.69, 9.17) is 9.47 Å². The van der Waals surface area contributed by atoms with Gasteiger partial charge in [-0.15, -0.1) is 0 Å². The molecule has 1 aliphatic rings. The van der Waals surface area contributed by atoms with E-state index in [0.29, 0.717) is 52.3 Å². The molecule has 0 amide bonds. The van der Waals surface area contributed by atoms with Gasteiger partial charge in [-0.25, -0.2) is 12.8 Å². The van der Waals surface area contributed by atoms with Crippen molar-refractivity contribution in [1.29, 1.82) is 0 Å². The number of H-pyrrole nitrogens is 1. The Labute approximate surface area is 220 Å². The first kappa shape index (κ1) is 24.5. The van der Waals surface area contributed by atoms with Crippen molar-refractivity contribution in [2.24, 2.45) is 0 Å². The van der Waals surface area contributed by atoms with Crippen molar-refractivity contribution < 1.29 is 22.3 Å². The fourth-order valence-electron chi connectivity index (χ4n) is 4.50. The van der Waals surface area contributed by atoms with E-state index >= 15 is 0 Å². The quantitative estimate of drug-likeness (QED) is 0.337. The Kier molecular flexibility index (Phi) is 6.09. The van der Waals surface area contributed by atoms with E-state index in [-0.39, 0.29) is 29.1 Å². The SMILES string of the molecule is Cc1ccc2nsnc2c1S(=O)(=O)N(Cc1ccc(F)cc1)Cc1cc2cc3c(cc2[nH]c1=O)OCCO3. The lowest BCUT2D eigenvalue weighted by Gasteiger charge is -2.24. The Morgan fingerprint density at radius 1 is 1.00 bits per heavy atom. The Balaban J connectivity index is 1.46. The molecule has 3 heterocycles. The number of aromatic nitrogens is 3. The van der Waals surface area contributed by atoms with Crippen molar-refractivity contribution >= 4 is 43.7 Å². The lowest BCUT2D eigenvalue weighted by atomic mass is 10.1. The van der Waals surface area contributed by atoms with Crippen molar-refractivity contribution in [2.75, 3.05) is 13.2 Å². The summed E-state index contributed by atoms with van der Waals surface area (Å²) in [6.07, 6.45) is 0. The number of nitrogens with zero attached hydrogens (tertiary/aromatic N) is 3. The smallest absolute Gasteiger partial charge is 0.252 e. The molecular weight excluding hydrogens is 531 g/mol.